The summed E-state index contributed by atoms with van der Waals surface area (Å²) in [4.78, 5) is 16.9. The van der Waals surface area contributed by atoms with Gasteiger partial charge in [0.25, 0.3) is 0 Å². The van der Waals surface area contributed by atoms with Gasteiger partial charge in [0.15, 0.2) is 5.17 Å². The Morgan fingerprint density at radius 1 is 1.03 bits per heavy atom. The lowest BCUT2D eigenvalue weighted by molar-refractivity contribution is 0.320. The summed E-state index contributed by atoms with van der Waals surface area (Å²) >= 11 is 1.88. The molecule has 5 heterocycles. The number of hydrogen-bond donors (Lipinski definition) is 0. The number of rotatable bonds is 3. The average Bonchev–Trinajstić information content (AvgIpc) is 3.33. The lowest BCUT2D eigenvalue weighted by Gasteiger charge is -2.27. The molecule has 1 fully saturated rings. The first-order chi connectivity index (χ1) is 14.0. The molecule has 29 heavy (non-hydrogen) atoms. The maximum absolute atomic E-state index is 5.12. The van der Waals surface area contributed by atoms with Crippen molar-refractivity contribution >= 4 is 16.9 Å². The van der Waals surface area contributed by atoms with E-state index < -0.39 is 0 Å². The van der Waals surface area contributed by atoms with Gasteiger partial charge < -0.3 is 9.47 Å². The Hall–Kier alpha value is -2.60. The van der Waals surface area contributed by atoms with Crippen molar-refractivity contribution in [2.75, 3.05) is 6.54 Å². The molecule has 3 atom stereocenters. The third-order valence-corrected chi connectivity index (χ3v) is 6.97. The van der Waals surface area contributed by atoms with E-state index in [0.29, 0.717) is 5.25 Å². The molecule has 0 bridgehead atoms. The number of fused-ring (bicyclic) bond motifs is 1. The van der Waals surface area contributed by atoms with Crippen LogP contribution in [0, 0.1) is 20.8 Å². The predicted molar refractivity (Wildman–Crippen MR) is 119 cm³/mol. The van der Waals surface area contributed by atoms with Crippen LogP contribution < -0.4 is 0 Å². The fourth-order valence-corrected chi connectivity index (χ4v) is 5.67. The van der Waals surface area contributed by atoms with Gasteiger partial charge in [0.05, 0.1) is 11.7 Å². The minimum Gasteiger partial charge on any atom is -0.341 e. The largest absolute Gasteiger partial charge is 0.341 e. The number of aliphatic imine (C=N–C) groups is 1. The molecular weight excluding hydrogens is 378 g/mol. The highest BCUT2D eigenvalue weighted by atomic mass is 32.2. The molecular formula is C23H25N5S. The first-order valence-electron chi connectivity index (χ1n) is 10.1. The maximum atomic E-state index is 5.12. The van der Waals surface area contributed by atoms with E-state index in [1.165, 1.54) is 22.5 Å². The van der Waals surface area contributed by atoms with Gasteiger partial charge in [0.2, 0.25) is 0 Å². The van der Waals surface area contributed by atoms with Gasteiger partial charge in [0.1, 0.15) is 11.9 Å². The van der Waals surface area contributed by atoms with Gasteiger partial charge in [-0.15, -0.1) is 0 Å². The van der Waals surface area contributed by atoms with Crippen LogP contribution in [0.4, 0.5) is 0 Å². The molecule has 5 nitrogen and oxygen atoms in total. The predicted octanol–water partition coefficient (Wildman–Crippen LogP) is 4.78. The third kappa shape index (κ3) is 2.97. The van der Waals surface area contributed by atoms with Crippen LogP contribution in [0.25, 0.3) is 5.82 Å². The monoisotopic (exact) mass is 403 g/mol. The van der Waals surface area contributed by atoms with E-state index in [1.54, 1.807) is 0 Å². The number of aryl methyl sites for hydroxylation is 2. The van der Waals surface area contributed by atoms with Crippen molar-refractivity contribution in [3.8, 4) is 5.82 Å². The maximum Gasteiger partial charge on any atom is 0.160 e. The first-order valence-corrected chi connectivity index (χ1v) is 11.0. The molecule has 0 aromatic carbocycles. The minimum atomic E-state index is 0.0185. The van der Waals surface area contributed by atoms with Crippen LogP contribution >= 0.6 is 11.8 Å². The number of amidine groups is 1. The smallest absolute Gasteiger partial charge is 0.160 e. The molecule has 0 radical (unpaired) electrons. The fraction of sp³-hybridized carbons (Fsp3) is 0.348. The number of pyridine rings is 2. The second-order valence-electron chi connectivity index (χ2n) is 7.94. The topological polar surface area (TPSA) is 46.3 Å². The van der Waals surface area contributed by atoms with Crippen molar-refractivity contribution in [2.45, 2.75) is 45.0 Å². The molecule has 2 aliphatic rings. The lowest BCUT2D eigenvalue weighted by atomic mass is 9.96. The fourth-order valence-electron chi connectivity index (χ4n) is 4.58. The van der Waals surface area contributed by atoms with Gasteiger partial charge in [-0.05, 0) is 56.2 Å². The second kappa shape index (κ2) is 7.02. The highest BCUT2D eigenvalue weighted by molar-refractivity contribution is 8.14. The van der Waals surface area contributed by atoms with Crippen molar-refractivity contribution in [2.24, 2.45) is 4.99 Å². The van der Waals surface area contributed by atoms with Crippen LogP contribution in [-0.2, 0) is 0 Å². The van der Waals surface area contributed by atoms with Crippen LogP contribution in [0.5, 0.6) is 0 Å². The van der Waals surface area contributed by atoms with E-state index in [2.05, 4.69) is 71.4 Å². The summed E-state index contributed by atoms with van der Waals surface area (Å²) in [5.41, 5.74) is 5.96. The molecule has 0 aliphatic carbocycles. The Morgan fingerprint density at radius 3 is 2.62 bits per heavy atom. The van der Waals surface area contributed by atoms with Crippen LogP contribution in [0.3, 0.4) is 0 Å². The molecule has 3 aromatic rings. The molecule has 0 amide bonds. The molecule has 3 aromatic heterocycles. The van der Waals surface area contributed by atoms with Crippen LogP contribution in [0.15, 0.2) is 53.8 Å². The number of nitrogens with zero attached hydrogens (tertiary/aromatic N) is 5. The van der Waals surface area contributed by atoms with Gasteiger partial charge in [0, 0.05) is 35.6 Å². The van der Waals surface area contributed by atoms with E-state index >= 15 is 0 Å². The van der Waals surface area contributed by atoms with E-state index in [-0.39, 0.29) is 12.1 Å². The minimum absolute atomic E-state index is 0.0185. The zero-order valence-corrected chi connectivity index (χ0v) is 18.0. The summed E-state index contributed by atoms with van der Waals surface area (Å²) in [6.07, 6.45) is 3.74. The van der Waals surface area contributed by atoms with Crippen molar-refractivity contribution < 1.29 is 0 Å². The Bertz CT molecular complexity index is 1090. The van der Waals surface area contributed by atoms with Crippen molar-refractivity contribution in [3.05, 3.63) is 77.0 Å². The molecule has 0 unspecified atom stereocenters. The zero-order chi connectivity index (χ0) is 20.1. The quantitative estimate of drug-likeness (QED) is 0.631. The summed E-state index contributed by atoms with van der Waals surface area (Å²) in [5.74, 6) is 1.01. The van der Waals surface area contributed by atoms with E-state index in [4.69, 9.17) is 4.99 Å². The number of hydrogen-bond acceptors (Lipinski definition) is 5. The van der Waals surface area contributed by atoms with Crippen LogP contribution in [0.1, 0.15) is 47.2 Å². The molecule has 5 rings (SSSR count). The van der Waals surface area contributed by atoms with Crippen LogP contribution in [-0.4, -0.2) is 36.4 Å². The van der Waals surface area contributed by atoms with Gasteiger partial charge in [-0.3, -0.25) is 9.98 Å². The Labute approximate surface area is 175 Å². The normalized spacial score (nSPS) is 23.4. The Morgan fingerprint density at radius 2 is 1.86 bits per heavy atom. The Balaban J connectivity index is 1.64. The molecule has 1 saturated heterocycles. The van der Waals surface area contributed by atoms with Gasteiger partial charge >= 0.3 is 0 Å². The molecule has 6 heteroatoms. The standard InChI is InChI=1S/C23H25N5S/c1-14-8-7-11-25-22(14)28-15(2)12-18(17(28)4)21-20(19-9-5-6-10-24-19)26-23-27(21)13-16(3)29-23/h5-12,16,20-21H,13H2,1-4H3/t16-,20-,21-/m0/s1. The van der Waals surface area contributed by atoms with E-state index in [0.717, 1.165) is 23.2 Å². The highest BCUT2D eigenvalue weighted by Gasteiger charge is 2.44. The second-order valence-corrected chi connectivity index (χ2v) is 9.35. The molecule has 0 saturated carbocycles. The highest BCUT2D eigenvalue weighted by Crippen LogP contribution is 2.48. The summed E-state index contributed by atoms with van der Waals surface area (Å²) in [5, 5.41) is 1.71. The van der Waals surface area contributed by atoms with E-state index in [1.807, 2.05) is 36.3 Å². The number of thioether (sulfide) groups is 1. The van der Waals surface area contributed by atoms with Crippen LogP contribution in [0.2, 0.25) is 0 Å². The zero-order valence-electron chi connectivity index (χ0n) is 17.2. The van der Waals surface area contributed by atoms with Gasteiger partial charge in [-0.2, -0.15) is 0 Å². The average molecular weight is 404 g/mol. The van der Waals surface area contributed by atoms with Gasteiger partial charge in [-0.25, -0.2) is 4.98 Å². The SMILES string of the molecule is Cc1cccnc1-n1c(C)cc([C@H]2[C@H](c3ccccn3)N=C3S[C@@H](C)CN32)c1C. The molecule has 148 valence electrons. The summed E-state index contributed by atoms with van der Waals surface area (Å²) < 4.78 is 2.28. The summed E-state index contributed by atoms with van der Waals surface area (Å²) in [6, 6.07) is 12.7. The summed E-state index contributed by atoms with van der Waals surface area (Å²) in [6.45, 7) is 9.78. The van der Waals surface area contributed by atoms with E-state index in [9.17, 15) is 0 Å². The first kappa shape index (κ1) is 18.4. The summed E-state index contributed by atoms with van der Waals surface area (Å²) in [7, 11) is 0. The van der Waals surface area contributed by atoms with Crippen molar-refractivity contribution in [3.63, 3.8) is 0 Å². The molecule has 0 spiro atoms. The van der Waals surface area contributed by atoms with Crippen molar-refractivity contribution in [1.29, 1.82) is 0 Å². The lowest BCUT2D eigenvalue weighted by Crippen LogP contribution is -2.29. The molecule has 2 aliphatic heterocycles. The third-order valence-electron chi connectivity index (χ3n) is 5.86. The number of aromatic nitrogens is 3. The van der Waals surface area contributed by atoms with Crippen molar-refractivity contribution in [1.82, 2.24) is 19.4 Å². The van der Waals surface area contributed by atoms with Gasteiger partial charge in [-0.1, -0.05) is 30.8 Å². The Kier molecular flexibility index (Phi) is 4.46. The molecule has 0 N–H and O–H groups in total.